The van der Waals surface area contributed by atoms with Crippen molar-refractivity contribution in [2.24, 2.45) is 0 Å². The van der Waals surface area contributed by atoms with Crippen molar-refractivity contribution in [2.75, 3.05) is 19.0 Å². The van der Waals surface area contributed by atoms with Crippen LogP contribution in [-0.2, 0) is 6.42 Å². The number of hydrogen-bond acceptors (Lipinski definition) is 5. The van der Waals surface area contributed by atoms with E-state index < -0.39 is 5.97 Å². The van der Waals surface area contributed by atoms with Crippen LogP contribution in [0.4, 0.5) is 5.82 Å². The number of carboxylic acids is 1. The van der Waals surface area contributed by atoms with Crippen molar-refractivity contribution in [3.63, 3.8) is 0 Å². The number of nitrogens with one attached hydrogen (secondary N) is 1. The largest absolute Gasteiger partial charge is 0.497 e. The van der Waals surface area contributed by atoms with Crippen molar-refractivity contribution in [2.45, 2.75) is 6.42 Å². The Morgan fingerprint density at radius 1 is 1.30 bits per heavy atom. The molecule has 2 aromatic rings. The summed E-state index contributed by atoms with van der Waals surface area (Å²) < 4.78 is 5.09. The van der Waals surface area contributed by atoms with Gasteiger partial charge >= 0.3 is 5.97 Å². The molecule has 0 fully saturated rings. The number of hydrogen-bond donors (Lipinski definition) is 2. The van der Waals surface area contributed by atoms with Crippen LogP contribution in [0.2, 0.25) is 0 Å². The minimum Gasteiger partial charge on any atom is -0.497 e. The smallest absolute Gasteiger partial charge is 0.356 e. The summed E-state index contributed by atoms with van der Waals surface area (Å²) in [5.41, 5.74) is 1.08. The van der Waals surface area contributed by atoms with Gasteiger partial charge < -0.3 is 15.2 Å². The van der Waals surface area contributed by atoms with Gasteiger partial charge in [-0.3, -0.25) is 4.98 Å². The molecule has 0 saturated heterocycles. The number of carbonyl (C=O) groups is 1. The lowest BCUT2D eigenvalue weighted by Crippen LogP contribution is -2.09. The fraction of sp³-hybridized carbons (Fsp3) is 0.214. The van der Waals surface area contributed by atoms with Gasteiger partial charge in [0.2, 0.25) is 0 Å². The monoisotopic (exact) mass is 273 g/mol. The Bertz CT molecular complexity index is 584. The van der Waals surface area contributed by atoms with E-state index in [9.17, 15) is 4.79 Å². The van der Waals surface area contributed by atoms with E-state index in [4.69, 9.17) is 9.84 Å². The van der Waals surface area contributed by atoms with E-state index in [0.717, 1.165) is 17.7 Å². The van der Waals surface area contributed by atoms with Crippen LogP contribution in [0.15, 0.2) is 36.7 Å². The Morgan fingerprint density at radius 3 is 2.70 bits per heavy atom. The summed E-state index contributed by atoms with van der Waals surface area (Å²) in [6.45, 7) is 0.643. The van der Waals surface area contributed by atoms with Crippen molar-refractivity contribution in [1.82, 2.24) is 9.97 Å². The van der Waals surface area contributed by atoms with Gasteiger partial charge in [-0.15, -0.1) is 0 Å². The Labute approximate surface area is 116 Å². The first kappa shape index (κ1) is 13.8. The molecule has 1 aromatic carbocycles. The minimum absolute atomic E-state index is 0.0700. The number of rotatable bonds is 6. The Kier molecular flexibility index (Phi) is 4.49. The van der Waals surface area contributed by atoms with Crippen LogP contribution in [0.25, 0.3) is 0 Å². The van der Waals surface area contributed by atoms with Crippen LogP contribution in [-0.4, -0.2) is 34.7 Å². The Balaban J connectivity index is 1.88. The fourth-order valence-electron chi connectivity index (χ4n) is 1.68. The molecule has 0 amide bonds. The summed E-state index contributed by atoms with van der Waals surface area (Å²) in [6.07, 6.45) is 3.51. The summed E-state index contributed by atoms with van der Waals surface area (Å²) in [6, 6.07) is 7.78. The molecule has 104 valence electrons. The third-order valence-electron chi connectivity index (χ3n) is 2.73. The average Bonchev–Trinajstić information content (AvgIpc) is 2.48. The van der Waals surface area contributed by atoms with E-state index >= 15 is 0 Å². The molecule has 6 heteroatoms. The number of ether oxygens (including phenoxy) is 1. The van der Waals surface area contributed by atoms with Gasteiger partial charge in [-0.25, -0.2) is 9.78 Å². The van der Waals surface area contributed by atoms with Crippen LogP contribution in [0, 0.1) is 0 Å². The van der Waals surface area contributed by atoms with E-state index in [0.29, 0.717) is 12.4 Å². The maximum absolute atomic E-state index is 10.8. The maximum Gasteiger partial charge on any atom is 0.356 e. The topological polar surface area (TPSA) is 84.3 Å². The van der Waals surface area contributed by atoms with E-state index in [1.54, 1.807) is 7.11 Å². The summed E-state index contributed by atoms with van der Waals surface area (Å²) in [7, 11) is 1.63. The second-order valence-electron chi connectivity index (χ2n) is 4.12. The molecule has 1 heterocycles. The molecule has 0 aliphatic rings. The van der Waals surface area contributed by atoms with Gasteiger partial charge in [0.05, 0.1) is 19.5 Å². The second kappa shape index (κ2) is 6.51. The second-order valence-corrected chi connectivity index (χ2v) is 4.12. The number of aromatic nitrogens is 2. The lowest BCUT2D eigenvalue weighted by molar-refractivity contribution is 0.0690. The van der Waals surface area contributed by atoms with E-state index in [2.05, 4.69) is 15.3 Å². The standard InChI is InChI=1S/C14H15N3O3/c1-20-11-4-2-10(3-5-11)6-7-16-13-9-15-8-12(17-13)14(18)19/h2-5,8-9H,6-7H2,1H3,(H,16,17)(H,18,19). The lowest BCUT2D eigenvalue weighted by Gasteiger charge is -2.06. The average molecular weight is 273 g/mol. The predicted octanol–water partition coefficient (Wildman–Crippen LogP) is 1.84. The summed E-state index contributed by atoms with van der Waals surface area (Å²) in [5, 5.41) is 11.9. The van der Waals surface area contributed by atoms with Gasteiger partial charge in [0.25, 0.3) is 0 Å². The zero-order valence-corrected chi connectivity index (χ0v) is 11.0. The first-order chi connectivity index (χ1) is 9.69. The SMILES string of the molecule is COc1ccc(CCNc2cncc(C(=O)O)n2)cc1. The van der Waals surface area contributed by atoms with Crippen LogP contribution in [0.3, 0.4) is 0 Å². The van der Waals surface area contributed by atoms with Crippen molar-refractivity contribution in [1.29, 1.82) is 0 Å². The van der Waals surface area contributed by atoms with Crippen molar-refractivity contribution >= 4 is 11.8 Å². The predicted molar refractivity (Wildman–Crippen MR) is 74.2 cm³/mol. The van der Waals surface area contributed by atoms with Gasteiger partial charge in [-0.2, -0.15) is 0 Å². The van der Waals surface area contributed by atoms with E-state index in [1.807, 2.05) is 24.3 Å². The van der Waals surface area contributed by atoms with Crippen molar-refractivity contribution in [3.05, 3.63) is 47.9 Å². The zero-order chi connectivity index (χ0) is 14.4. The molecule has 0 saturated carbocycles. The van der Waals surface area contributed by atoms with Gasteiger partial charge in [0.15, 0.2) is 5.69 Å². The Morgan fingerprint density at radius 2 is 2.05 bits per heavy atom. The lowest BCUT2D eigenvalue weighted by atomic mass is 10.1. The number of carboxylic acid groups (broad SMARTS) is 1. The van der Waals surface area contributed by atoms with E-state index in [-0.39, 0.29) is 5.69 Å². The molecule has 0 atom stereocenters. The molecular weight excluding hydrogens is 258 g/mol. The van der Waals surface area contributed by atoms with Crippen LogP contribution in [0.1, 0.15) is 16.1 Å². The Hall–Kier alpha value is -2.63. The number of anilines is 1. The summed E-state index contributed by atoms with van der Waals surface area (Å²) >= 11 is 0. The highest BCUT2D eigenvalue weighted by molar-refractivity contribution is 5.85. The minimum atomic E-state index is -1.09. The molecule has 0 aliphatic carbocycles. The zero-order valence-electron chi connectivity index (χ0n) is 11.0. The number of benzene rings is 1. The van der Waals surface area contributed by atoms with Gasteiger partial charge in [0.1, 0.15) is 11.6 Å². The molecule has 6 nitrogen and oxygen atoms in total. The molecular formula is C14H15N3O3. The molecule has 0 bridgehead atoms. The summed E-state index contributed by atoms with van der Waals surface area (Å²) in [5.74, 6) is 0.191. The first-order valence-electron chi connectivity index (χ1n) is 6.11. The van der Waals surface area contributed by atoms with Crippen LogP contribution >= 0.6 is 0 Å². The molecule has 0 spiro atoms. The molecule has 1 aromatic heterocycles. The van der Waals surface area contributed by atoms with E-state index in [1.165, 1.54) is 12.4 Å². The summed E-state index contributed by atoms with van der Waals surface area (Å²) in [4.78, 5) is 18.5. The molecule has 20 heavy (non-hydrogen) atoms. The van der Waals surface area contributed by atoms with Crippen molar-refractivity contribution in [3.8, 4) is 5.75 Å². The molecule has 0 unspecified atom stereocenters. The third kappa shape index (κ3) is 3.68. The third-order valence-corrected chi connectivity index (χ3v) is 2.73. The quantitative estimate of drug-likeness (QED) is 0.835. The first-order valence-corrected chi connectivity index (χ1v) is 6.11. The van der Waals surface area contributed by atoms with Gasteiger partial charge in [-0.1, -0.05) is 12.1 Å². The highest BCUT2D eigenvalue weighted by atomic mass is 16.5. The molecule has 2 N–H and O–H groups in total. The highest BCUT2D eigenvalue weighted by Gasteiger charge is 2.05. The van der Waals surface area contributed by atoms with Crippen molar-refractivity contribution < 1.29 is 14.6 Å². The highest BCUT2D eigenvalue weighted by Crippen LogP contribution is 2.11. The molecule has 2 rings (SSSR count). The van der Waals surface area contributed by atoms with Gasteiger partial charge in [-0.05, 0) is 24.1 Å². The normalized spacial score (nSPS) is 10.1. The fourth-order valence-corrected chi connectivity index (χ4v) is 1.68. The van der Waals surface area contributed by atoms with Gasteiger partial charge in [0, 0.05) is 6.54 Å². The maximum atomic E-state index is 10.8. The van der Waals surface area contributed by atoms with Crippen LogP contribution < -0.4 is 10.1 Å². The van der Waals surface area contributed by atoms with Crippen LogP contribution in [0.5, 0.6) is 5.75 Å². The number of nitrogens with zero attached hydrogens (tertiary/aromatic N) is 2. The molecule has 0 aliphatic heterocycles. The number of aromatic carboxylic acids is 1. The number of methoxy groups -OCH3 is 1. The molecule has 0 radical (unpaired) electrons.